The molecule has 4 rings (SSSR count). The van der Waals surface area contributed by atoms with Gasteiger partial charge in [0.05, 0.1) is 55.7 Å². The van der Waals surface area contributed by atoms with Gasteiger partial charge in [0.15, 0.2) is 17.5 Å². The molecule has 2 aromatic rings. The van der Waals surface area contributed by atoms with Crippen LogP contribution < -0.4 is 41.5 Å². The lowest BCUT2D eigenvalue weighted by Gasteiger charge is -2.29. The number of nitrogens with two attached hydrogens (primary N) is 3. The standard InChI is InChI=1S/C47H73N7O8/c1-53(2)47(54(3)4)52-34-19-15-32(16-20-34)26-40(56)36-27-35(41(59-5)29-42(36)60-6)39(55)25-31-13-17-33(18-14-31)51-46(58)38-28-37(45(50)57)43(61-23-11-7-9-21-48)30-44(38)62-24-12-8-10-22-49/h27-34H,7-26,48-49H2,1-6H3,(H2,50,57)(H,51,58). The number of ether oxygens (including phenoxy) is 4. The predicted molar refractivity (Wildman–Crippen MR) is 243 cm³/mol. The Labute approximate surface area is 368 Å². The Bertz CT molecular complexity index is 1810. The van der Waals surface area contributed by atoms with E-state index in [0.717, 1.165) is 70.2 Å². The van der Waals surface area contributed by atoms with E-state index in [9.17, 15) is 19.2 Å². The second-order valence-corrected chi connectivity index (χ2v) is 17.2. The van der Waals surface area contributed by atoms with Gasteiger partial charge in [0, 0.05) is 59.2 Å². The van der Waals surface area contributed by atoms with Crippen LogP contribution >= 0.6 is 0 Å². The molecule has 0 bridgehead atoms. The number of guanidine groups is 1. The van der Waals surface area contributed by atoms with Gasteiger partial charge in [-0.1, -0.05) is 0 Å². The molecule has 0 spiro atoms. The largest absolute Gasteiger partial charge is 0.496 e. The topological polar surface area (TPSA) is 214 Å². The highest BCUT2D eigenvalue weighted by Crippen LogP contribution is 2.37. The normalized spacial score (nSPS) is 18.6. The summed E-state index contributed by atoms with van der Waals surface area (Å²) in [6.07, 6.45) is 12.0. The van der Waals surface area contributed by atoms with Crippen molar-refractivity contribution in [2.24, 2.45) is 34.0 Å². The molecule has 0 aliphatic heterocycles. The van der Waals surface area contributed by atoms with Crippen molar-refractivity contribution in [3.63, 3.8) is 0 Å². The smallest absolute Gasteiger partial charge is 0.255 e. The first kappa shape index (κ1) is 49.8. The molecule has 7 N–H and O–H groups in total. The molecule has 0 heterocycles. The lowest BCUT2D eigenvalue weighted by Crippen LogP contribution is -2.38. The minimum absolute atomic E-state index is 0.0485. The summed E-state index contributed by atoms with van der Waals surface area (Å²) in [7, 11) is 11.0. The van der Waals surface area contributed by atoms with Gasteiger partial charge in [0.2, 0.25) is 0 Å². The van der Waals surface area contributed by atoms with Crippen LogP contribution in [0.15, 0.2) is 29.3 Å². The van der Waals surface area contributed by atoms with Crippen LogP contribution in [0.2, 0.25) is 0 Å². The molecule has 15 heteroatoms. The molecular formula is C47H73N7O8. The maximum absolute atomic E-state index is 13.9. The first-order chi connectivity index (χ1) is 29.8. The number of nitrogens with one attached hydrogen (secondary N) is 1. The van der Waals surface area contributed by atoms with Crippen molar-refractivity contribution in [1.82, 2.24) is 15.1 Å². The van der Waals surface area contributed by atoms with Gasteiger partial charge < -0.3 is 51.3 Å². The Morgan fingerprint density at radius 1 is 0.613 bits per heavy atom. The van der Waals surface area contributed by atoms with Crippen molar-refractivity contribution >= 4 is 29.3 Å². The molecule has 2 aliphatic carbocycles. The van der Waals surface area contributed by atoms with Gasteiger partial charge in [-0.15, -0.1) is 0 Å². The number of benzene rings is 2. The average Bonchev–Trinajstić information content (AvgIpc) is 3.25. The fourth-order valence-electron chi connectivity index (χ4n) is 8.51. The Hall–Kier alpha value is -4.89. The van der Waals surface area contributed by atoms with E-state index >= 15 is 0 Å². The molecule has 2 amide bonds. The van der Waals surface area contributed by atoms with Crippen LogP contribution in [0.25, 0.3) is 0 Å². The zero-order valence-electron chi connectivity index (χ0n) is 38.1. The van der Waals surface area contributed by atoms with E-state index < -0.39 is 5.91 Å². The molecule has 0 unspecified atom stereocenters. The third-order valence-corrected chi connectivity index (χ3v) is 12.0. The summed E-state index contributed by atoms with van der Waals surface area (Å²) >= 11 is 0. The predicted octanol–water partition coefficient (Wildman–Crippen LogP) is 5.99. The van der Waals surface area contributed by atoms with Crippen LogP contribution in [0.1, 0.15) is 144 Å². The third-order valence-electron chi connectivity index (χ3n) is 12.0. The lowest BCUT2D eigenvalue weighted by molar-refractivity contribution is 0.0891. The van der Waals surface area contributed by atoms with Crippen LogP contribution in [0, 0.1) is 11.8 Å². The highest BCUT2D eigenvalue weighted by molar-refractivity contribution is 6.05. The SMILES string of the molecule is COc1cc(OC)c(C(=O)CC2CCC(NC(=O)c3cc(C(N)=O)c(OCCCCCN)cc3OCCCCCN)CC2)cc1C(=O)CC1CCC(N=C(N(C)C)N(C)C)CC1. The third kappa shape index (κ3) is 14.6. The van der Waals surface area contributed by atoms with E-state index in [1.54, 1.807) is 18.2 Å². The fraction of sp³-hybridized carbons (Fsp3) is 0.638. The molecule has 2 aromatic carbocycles. The number of Topliss-reactive ketones (excluding diaryl/α,β-unsaturated/α-hetero) is 2. The zero-order valence-corrected chi connectivity index (χ0v) is 38.1. The number of hydrogen-bond donors (Lipinski definition) is 4. The number of carbonyl (C=O) groups excluding carboxylic acids is 4. The van der Waals surface area contributed by atoms with Gasteiger partial charge in [-0.25, -0.2) is 4.99 Å². The lowest BCUT2D eigenvalue weighted by atomic mass is 9.81. The summed E-state index contributed by atoms with van der Waals surface area (Å²) in [6.45, 7) is 1.92. The number of primary amides is 1. The molecule has 344 valence electrons. The Kier molecular flexibility index (Phi) is 20.3. The summed E-state index contributed by atoms with van der Waals surface area (Å²) in [6, 6.07) is 6.42. The summed E-state index contributed by atoms with van der Waals surface area (Å²) in [4.78, 5) is 63.1. The van der Waals surface area contributed by atoms with E-state index in [4.69, 9.17) is 41.1 Å². The van der Waals surface area contributed by atoms with Crippen molar-refractivity contribution in [3.8, 4) is 23.0 Å². The average molecular weight is 864 g/mol. The first-order valence-corrected chi connectivity index (χ1v) is 22.5. The molecule has 15 nitrogen and oxygen atoms in total. The maximum atomic E-state index is 13.9. The number of unbranched alkanes of at least 4 members (excludes halogenated alkanes) is 4. The van der Waals surface area contributed by atoms with Gasteiger partial charge in [0.1, 0.15) is 23.0 Å². The van der Waals surface area contributed by atoms with Crippen molar-refractivity contribution in [2.75, 3.05) is 68.7 Å². The van der Waals surface area contributed by atoms with Crippen LogP contribution in [0.3, 0.4) is 0 Å². The van der Waals surface area contributed by atoms with Gasteiger partial charge >= 0.3 is 0 Å². The molecule has 2 aliphatic rings. The van der Waals surface area contributed by atoms with Crippen molar-refractivity contribution in [1.29, 1.82) is 0 Å². The Morgan fingerprint density at radius 3 is 1.52 bits per heavy atom. The quantitative estimate of drug-likeness (QED) is 0.0415. The monoisotopic (exact) mass is 864 g/mol. The van der Waals surface area contributed by atoms with Crippen molar-refractivity contribution in [3.05, 3.63) is 46.5 Å². The number of rotatable bonds is 24. The zero-order chi connectivity index (χ0) is 45.2. The molecule has 0 radical (unpaired) electrons. The van der Waals surface area contributed by atoms with Gasteiger partial charge in [-0.2, -0.15) is 0 Å². The number of ketones is 2. The van der Waals surface area contributed by atoms with Gasteiger partial charge in [-0.05, 0) is 127 Å². The summed E-state index contributed by atoms with van der Waals surface area (Å²) in [5, 5.41) is 3.14. The maximum Gasteiger partial charge on any atom is 0.255 e. The molecule has 2 saturated carbocycles. The summed E-state index contributed by atoms with van der Waals surface area (Å²) in [5.74, 6) is 1.37. The Morgan fingerprint density at radius 2 is 1.06 bits per heavy atom. The van der Waals surface area contributed by atoms with Gasteiger partial charge in [0.25, 0.3) is 11.8 Å². The minimum atomic E-state index is -0.705. The van der Waals surface area contributed by atoms with Crippen LogP contribution in [-0.4, -0.2) is 120 Å². The number of aliphatic imine (C=N–C) groups is 1. The van der Waals surface area contributed by atoms with Gasteiger partial charge in [-0.3, -0.25) is 19.2 Å². The highest BCUT2D eigenvalue weighted by atomic mass is 16.5. The van der Waals surface area contributed by atoms with Crippen LogP contribution in [0.4, 0.5) is 0 Å². The second-order valence-electron chi connectivity index (χ2n) is 17.2. The molecule has 62 heavy (non-hydrogen) atoms. The van der Waals surface area contributed by atoms with E-state index in [2.05, 4.69) is 5.32 Å². The van der Waals surface area contributed by atoms with E-state index in [-0.39, 0.29) is 64.7 Å². The number of methoxy groups -OCH3 is 2. The van der Waals surface area contributed by atoms with Crippen LogP contribution in [-0.2, 0) is 0 Å². The molecule has 0 atom stereocenters. The fourth-order valence-corrected chi connectivity index (χ4v) is 8.51. The molecular weight excluding hydrogens is 791 g/mol. The first-order valence-electron chi connectivity index (χ1n) is 22.5. The van der Waals surface area contributed by atoms with E-state index in [1.165, 1.54) is 20.3 Å². The molecule has 0 saturated heterocycles. The Balaban J connectivity index is 1.39. The van der Waals surface area contributed by atoms with E-state index in [1.807, 2.05) is 38.0 Å². The van der Waals surface area contributed by atoms with Crippen molar-refractivity contribution in [2.45, 2.75) is 115 Å². The van der Waals surface area contributed by atoms with Crippen molar-refractivity contribution < 1.29 is 38.1 Å². The number of amides is 2. The minimum Gasteiger partial charge on any atom is -0.496 e. The summed E-state index contributed by atoms with van der Waals surface area (Å²) in [5.41, 5.74) is 18.1. The number of hydrogen-bond acceptors (Lipinski definition) is 11. The number of carbonyl (C=O) groups is 4. The molecule has 0 aromatic heterocycles. The highest BCUT2D eigenvalue weighted by Gasteiger charge is 2.30. The molecule has 2 fully saturated rings. The second kappa shape index (κ2) is 25.3. The summed E-state index contributed by atoms with van der Waals surface area (Å²) < 4.78 is 23.3. The van der Waals surface area contributed by atoms with Crippen LogP contribution in [0.5, 0.6) is 23.0 Å². The number of nitrogens with zero attached hydrogens (tertiary/aromatic N) is 3. The van der Waals surface area contributed by atoms with E-state index in [0.29, 0.717) is 86.8 Å².